The molecular weight excluding hydrogens is 272 g/mol. The van der Waals surface area contributed by atoms with E-state index < -0.39 is 11.4 Å². The first-order chi connectivity index (χ1) is 9.99. The number of ether oxygens (including phenoxy) is 1. The summed E-state index contributed by atoms with van der Waals surface area (Å²) >= 11 is 0. The summed E-state index contributed by atoms with van der Waals surface area (Å²) in [5.41, 5.74) is -0.870. The van der Waals surface area contributed by atoms with Crippen molar-refractivity contribution in [2.75, 3.05) is 26.2 Å². The lowest BCUT2D eigenvalue weighted by Crippen LogP contribution is -2.51. The third-order valence-corrected chi connectivity index (χ3v) is 4.45. The van der Waals surface area contributed by atoms with Gasteiger partial charge in [0.2, 0.25) is 0 Å². The highest BCUT2D eigenvalue weighted by Crippen LogP contribution is 2.25. The molecule has 0 bridgehead atoms. The molecule has 1 aliphatic rings. The summed E-state index contributed by atoms with van der Waals surface area (Å²) in [6.07, 6.45) is 2.99. The Morgan fingerprint density at radius 3 is 2.52 bits per heavy atom. The van der Waals surface area contributed by atoms with Crippen molar-refractivity contribution in [2.45, 2.75) is 52.6 Å². The van der Waals surface area contributed by atoms with Crippen molar-refractivity contribution in [3.05, 3.63) is 0 Å². The molecule has 2 amide bonds. The zero-order valence-electron chi connectivity index (χ0n) is 13.4. The highest BCUT2D eigenvalue weighted by Gasteiger charge is 2.36. The van der Waals surface area contributed by atoms with Crippen LogP contribution < -0.4 is 5.32 Å². The molecule has 1 unspecified atom stereocenters. The van der Waals surface area contributed by atoms with Crippen LogP contribution in [0.2, 0.25) is 0 Å². The number of amides is 2. The summed E-state index contributed by atoms with van der Waals surface area (Å²) in [6.45, 7) is 7.73. The second-order valence-electron chi connectivity index (χ2n) is 5.62. The fraction of sp³-hybridized carbons (Fsp3) is 0.867. The maximum atomic E-state index is 12.2. The van der Waals surface area contributed by atoms with E-state index in [1.807, 2.05) is 20.8 Å². The molecule has 0 aromatic heterocycles. The topological polar surface area (TPSA) is 78.9 Å². The number of urea groups is 1. The minimum Gasteiger partial charge on any atom is -0.481 e. The van der Waals surface area contributed by atoms with Crippen LogP contribution in [0.3, 0.4) is 0 Å². The second-order valence-corrected chi connectivity index (χ2v) is 5.62. The zero-order valence-corrected chi connectivity index (χ0v) is 13.4. The molecule has 6 nitrogen and oxygen atoms in total. The Morgan fingerprint density at radius 1 is 1.33 bits per heavy atom. The predicted octanol–water partition coefficient (Wildman–Crippen LogP) is 2.09. The number of carbonyl (C=O) groups excluding carboxylic acids is 1. The minimum absolute atomic E-state index is 0.0936. The maximum absolute atomic E-state index is 12.2. The molecule has 1 atom stereocenters. The molecule has 1 heterocycles. The van der Waals surface area contributed by atoms with Gasteiger partial charge in [0.25, 0.3) is 0 Å². The number of nitrogens with one attached hydrogen (secondary N) is 1. The first-order valence-electron chi connectivity index (χ1n) is 7.86. The van der Waals surface area contributed by atoms with Gasteiger partial charge in [0, 0.05) is 26.2 Å². The van der Waals surface area contributed by atoms with Gasteiger partial charge in [-0.3, -0.25) is 4.79 Å². The van der Waals surface area contributed by atoms with Gasteiger partial charge in [-0.2, -0.15) is 0 Å². The summed E-state index contributed by atoms with van der Waals surface area (Å²) in [7, 11) is 0. The lowest BCUT2D eigenvalue weighted by molar-refractivity contribution is -0.149. The van der Waals surface area contributed by atoms with Crippen LogP contribution in [0.4, 0.5) is 4.79 Å². The molecule has 1 rings (SSSR count). The second kappa shape index (κ2) is 8.22. The first kappa shape index (κ1) is 17.8. The van der Waals surface area contributed by atoms with Crippen molar-refractivity contribution in [2.24, 2.45) is 5.41 Å². The monoisotopic (exact) mass is 300 g/mol. The Bertz CT molecular complexity index is 354. The van der Waals surface area contributed by atoms with Crippen LogP contribution in [0.25, 0.3) is 0 Å². The normalized spacial score (nSPS) is 19.4. The van der Waals surface area contributed by atoms with Crippen LogP contribution in [0.5, 0.6) is 0 Å². The Kier molecular flexibility index (Phi) is 6.95. The summed E-state index contributed by atoms with van der Waals surface area (Å²) in [4.78, 5) is 25.4. The summed E-state index contributed by atoms with van der Waals surface area (Å²) in [5, 5.41) is 12.2. The molecule has 1 saturated heterocycles. The smallest absolute Gasteiger partial charge is 0.317 e. The minimum atomic E-state index is -0.870. The lowest BCUT2D eigenvalue weighted by Gasteiger charge is -2.34. The number of hydrogen-bond acceptors (Lipinski definition) is 3. The van der Waals surface area contributed by atoms with Crippen LogP contribution in [0.1, 0.15) is 46.5 Å². The molecule has 0 saturated carbocycles. The Hall–Kier alpha value is -1.30. The summed E-state index contributed by atoms with van der Waals surface area (Å²) in [5.74, 6) is -0.848. The molecule has 0 radical (unpaired) electrons. The highest BCUT2D eigenvalue weighted by molar-refractivity contribution is 5.78. The Labute approximate surface area is 126 Å². The Morgan fingerprint density at radius 2 is 2.00 bits per heavy atom. The van der Waals surface area contributed by atoms with E-state index in [1.54, 1.807) is 4.90 Å². The van der Waals surface area contributed by atoms with Crippen molar-refractivity contribution in [1.82, 2.24) is 10.2 Å². The van der Waals surface area contributed by atoms with E-state index in [0.717, 1.165) is 12.8 Å². The van der Waals surface area contributed by atoms with Gasteiger partial charge in [-0.15, -0.1) is 0 Å². The van der Waals surface area contributed by atoms with E-state index in [9.17, 15) is 14.7 Å². The molecule has 0 spiro atoms. The largest absolute Gasteiger partial charge is 0.481 e. The maximum Gasteiger partial charge on any atom is 0.317 e. The first-order valence-corrected chi connectivity index (χ1v) is 7.86. The average molecular weight is 300 g/mol. The van der Waals surface area contributed by atoms with Crippen LogP contribution in [-0.4, -0.2) is 54.4 Å². The predicted molar refractivity (Wildman–Crippen MR) is 80.3 cm³/mol. The van der Waals surface area contributed by atoms with Gasteiger partial charge in [0.1, 0.15) is 0 Å². The molecule has 0 aromatic carbocycles. The van der Waals surface area contributed by atoms with Crippen LogP contribution in [0.15, 0.2) is 0 Å². The Balaban J connectivity index is 2.54. The number of aliphatic carboxylic acids is 1. The van der Waals surface area contributed by atoms with Gasteiger partial charge in [0.15, 0.2) is 0 Å². The molecule has 122 valence electrons. The van der Waals surface area contributed by atoms with E-state index >= 15 is 0 Å². The fourth-order valence-corrected chi connectivity index (χ4v) is 2.73. The van der Waals surface area contributed by atoms with Crippen molar-refractivity contribution in [1.29, 1.82) is 0 Å². The van der Waals surface area contributed by atoms with Gasteiger partial charge in [0.05, 0.1) is 11.5 Å². The average Bonchev–Trinajstić information content (AvgIpc) is 2.49. The summed E-state index contributed by atoms with van der Waals surface area (Å²) in [6, 6.07) is -0.188. The van der Waals surface area contributed by atoms with E-state index in [-0.39, 0.29) is 18.7 Å². The third kappa shape index (κ3) is 4.59. The van der Waals surface area contributed by atoms with E-state index in [4.69, 9.17) is 4.74 Å². The van der Waals surface area contributed by atoms with Gasteiger partial charge in [-0.25, -0.2) is 4.79 Å². The molecule has 0 aliphatic carbocycles. The number of nitrogens with zero attached hydrogens (tertiary/aromatic N) is 1. The van der Waals surface area contributed by atoms with Crippen LogP contribution in [0, 0.1) is 5.41 Å². The van der Waals surface area contributed by atoms with E-state index in [2.05, 4.69) is 5.32 Å². The highest BCUT2D eigenvalue weighted by atomic mass is 16.5. The lowest BCUT2D eigenvalue weighted by atomic mass is 9.82. The van der Waals surface area contributed by atoms with Crippen molar-refractivity contribution >= 4 is 12.0 Å². The number of piperidine rings is 1. The number of carbonyl (C=O) groups is 2. The third-order valence-electron chi connectivity index (χ3n) is 4.45. The number of hydrogen-bond donors (Lipinski definition) is 2. The zero-order chi connectivity index (χ0) is 15.9. The SMILES string of the molecule is CCOC1CCCN(C(=O)NCC(CC)(CC)C(=O)O)C1. The van der Waals surface area contributed by atoms with E-state index in [1.165, 1.54) is 0 Å². The fourth-order valence-electron chi connectivity index (χ4n) is 2.73. The van der Waals surface area contributed by atoms with Crippen LogP contribution in [-0.2, 0) is 9.53 Å². The summed E-state index contributed by atoms with van der Waals surface area (Å²) < 4.78 is 5.57. The van der Waals surface area contributed by atoms with Gasteiger partial charge in [-0.05, 0) is 32.6 Å². The quantitative estimate of drug-likeness (QED) is 0.754. The van der Waals surface area contributed by atoms with Crippen molar-refractivity contribution < 1.29 is 19.4 Å². The van der Waals surface area contributed by atoms with E-state index in [0.29, 0.717) is 32.5 Å². The molecule has 2 N–H and O–H groups in total. The number of rotatable bonds is 7. The molecule has 6 heteroatoms. The van der Waals surface area contributed by atoms with Gasteiger partial charge < -0.3 is 20.1 Å². The van der Waals surface area contributed by atoms with Crippen molar-refractivity contribution in [3.63, 3.8) is 0 Å². The number of carboxylic acids is 1. The standard InChI is InChI=1S/C15H28N2O4/c1-4-15(5-2,13(18)19)11-16-14(20)17-9-7-8-12(10-17)21-6-3/h12H,4-11H2,1-3H3,(H,16,20)(H,18,19). The number of likely N-dealkylation sites (tertiary alicyclic amines) is 1. The molecule has 1 aliphatic heterocycles. The molecule has 1 fully saturated rings. The van der Waals surface area contributed by atoms with Gasteiger partial charge >= 0.3 is 12.0 Å². The van der Waals surface area contributed by atoms with Crippen LogP contribution >= 0.6 is 0 Å². The molecule has 0 aromatic rings. The van der Waals surface area contributed by atoms with Gasteiger partial charge in [-0.1, -0.05) is 13.8 Å². The van der Waals surface area contributed by atoms with Crippen molar-refractivity contribution in [3.8, 4) is 0 Å². The number of carboxylic acid groups (broad SMARTS) is 1. The molecule has 21 heavy (non-hydrogen) atoms. The molecular formula is C15H28N2O4.